The second-order valence-electron chi connectivity index (χ2n) is 5.26. The Balaban J connectivity index is 2.25. The van der Waals surface area contributed by atoms with Crippen molar-refractivity contribution < 1.29 is 22.7 Å². The molecule has 2 heterocycles. The molecule has 0 spiro atoms. The molecule has 0 aliphatic carbocycles. The lowest BCUT2D eigenvalue weighted by atomic mass is 10.2. The van der Waals surface area contributed by atoms with Gasteiger partial charge in [-0.3, -0.25) is 9.59 Å². The fourth-order valence-electron chi connectivity index (χ4n) is 1.79. The highest BCUT2D eigenvalue weighted by molar-refractivity contribution is 6.32. The Morgan fingerprint density at radius 2 is 2.04 bits per heavy atom. The van der Waals surface area contributed by atoms with E-state index in [1.165, 1.54) is 6.07 Å². The normalized spacial score (nSPS) is 11.5. The number of alkyl halides is 3. The zero-order valence-electron chi connectivity index (χ0n) is 13.1. The first-order chi connectivity index (χ1) is 11.6. The maximum Gasteiger partial charge on any atom is 0.417 e. The SMILES string of the molecule is CC(C)Oc1ncc(C(=O)Nc2cc(C(F)(F)F)c[nH]c2=O)cc1Cl. The van der Waals surface area contributed by atoms with Gasteiger partial charge >= 0.3 is 6.18 Å². The molecule has 0 saturated heterocycles. The van der Waals surface area contributed by atoms with E-state index in [0.717, 1.165) is 6.20 Å². The van der Waals surface area contributed by atoms with E-state index >= 15 is 0 Å². The number of hydrogen-bond donors (Lipinski definition) is 2. The summed E-state index contributed by atoms with van der Waals surface area (Å²) in [4.78, 5) is 29.5. The van der Waals surface area contributed by atoms with Crippen LogP contribution in [-0.4, -0.2) is 22.0 Å². The Morgan fingerprint density at radius 1 is 1.36 bits per heavy atom. The van der Waals surface area contributed by atoms with Crippen molar-refractivity contribution in [2.45, 2.75) is 26.1 Å². The number of anilines is 1. The number of pyridine rings is 2. The fourth-order valence-corrected chi connectivity index (χ4v) is 2.01. The summed E-state index contributed by atoms with van der Waals surface area (Å²) in [6, 6.07) is 1.78. The number of nitrogens with one attached hydrogen (secondary N) is 2. The van der Waals surface area contributed by atoms with Crippen LogP contribution in [0.5, 0.6) is 5.88 Å². The van der Waals surface area contributed by atoms with Gasteiger partial charge in [0.15, 0.2) is 0 Å². The van der Waals surface area contributed by atoms with Crippen LogP contribution in [0, 0.1) is 0 Å². The molecular formula is C15H13ClF3N3O3. The van der Waals surface area contributed by atoms with Gasteiger partial charge in [-0.25, -0.2) is 4.98 Å². The number of aromatic nitrogens is 2. The molecule has 0 aromatic carbocycles. The van der Waals surface area contributed by atoms with Crippen molar-refractivity contribution in [2.24, 2.45) is 0 Å². The maximum absolute atomic E-state index is 12.7. The Morgan fingerprint density at radius 3 is 2.60 bits per heavy atom. The summed E-state index contributed by atoms with van der Waals surface area (Å²) in [5.74, 6) is -0.722. The Labute approximate surface area is 145 Å². The number of carbonyl (C=O) groups excluding carboxylic acids is 1. The van der Waals surface area contributed by atoms with Gasteiger partial charge in [0.05, 0.1) is 17.2 Å². The summed E-state index contributed by atoms with van der Waals surface area (Å²) >= 11 is 5.95. The van der Waals surface area contributed by atoms with E-state index in [0.29, 0.717) is 12.3 Å². The van der Waals surface area contributed by atoms with Gasteiger partial charge in [-0.05, 0) is 26.0 Å². The molecule has 0 fully saturated rings. The first kappa shape index (κ1) is 18.8. The van der Waals surface area contributed by atoms with Crippen molar-refractivity contribution in [3.8, 4) is 5.88 Å². The molecule has 10 heteroatoms. The molecule has 0 aliphatic heterocycles. The number of carbonyl (C=O) groups is 1. The minimum absolute atomic E-state index is 0.0436. The molecule has 2 aromatic rings. The molecule has 0 aliphatic rings. The topological polar surface area (TPSA) is 84.1 Å². The molecular weight excluding hydrogens is 363 g/mol. The Kier molecular flexibility index (Phi) is 5.36. The molecule has 0 atom stereocenters. The number of aromatic amines is 1. The van der Waals surface area contributed by atoms with Gasteiger partial charge in [0, 0.05) is 12.4 Å². The molecule has 6 nitrogen and oxygen atoms in total. The molecule has 1 amide bonds. The first-order valence-corrected chi connectivity index (χ1v) is 7.39. The molecule has 2 N–H and O–H groups in total. The minimum atomic E-state index is -4.66. The van der Waals surface area contributed by atoms with Crippen molar-refractivity contribution in [1.82, 2.24) is 9.97 Å². The van der Waals surface area contributed by atoms with Crippen molar-refractivity contribution >= 4 is 23.2 Å². The number of ether oxygens (including phenoxy) is 1. The van der Waals surface area contributed by atoms with Crippen LogP contribution in [0.15, 0.2) is 29.3 Å². The molecule has 134 valence electrons. The highest BCUT2D eigenvalue weighted by Gasteiger charge is 2.31. The third kappa shape index (κ3) is 4.72. The quantitative estimate of drug-likeness (QED) is 0.856. The zero-order chi connectivity index (χ0) is 18.8. The summed E-state index contributed by atoms with van der Waals surface area (Å²) in [7, 11) is 0. The van der Waals surface area contributed by atoms with Gasteiger partial charge in [0.1, 0.15) is 10.7 Å². The fraction of sp³-hybridized carbons (Fsp3) is 0.267. The van der Waals surface area contributed by atoms with Crippen molar-refractivity contribution in [3.63, 3.8) is 0 Å². The van der Waals surface area contributed by atoms with Crippen LogP contribution in [0.25, 0.3) is 0 Å². The van der Waals surface area contributed by atoms with Crippen LogP contribution in [0.3, 0.4) is 0 Å². The Hall–Kier alpha value is -2.55. The lowest BCUT2D eigenvalue weighted by Crippen LogP contribution is -2.21. The molecule has 2 aromatic heterocycles. The lowest BCUT2D eigenvalue weighted by Gasteiger charge is -2.11. The predicted molar refractivity (Wildman–Crippen MR) is 85.0 cm³/mol. The summed E-state index contributed by atoms with van der Waals surface area (Å²) in [6.45, 7) is 3.52. The van der Waals surface area contributed by atoms with Gasteiger partial charge in [-0.2, -0.15) is 13.2 Å². The standard InChI is InChI=1S/C15H13ClF3N3O3/c1-7(2)25-14-10(16)3-8(5-21-14)12(23)22-11-4-9(15(17,18)19)6-20-13(11)24/h3-7H,1-2H3,(H,20,24)(H,22,23). The van der Waals surface area contributed by atoms with Gasteiger partial charge in [0.25, 0.3) is 11.5 Å². The summed E-state index contributed by atoms with van der Waals surface area (Å²) < 4.78 is 43.4. The van der Waals surface area contributed by atoms with Crippen LogP contribution in [0.2, 0.25) is 5.02 Å². The molecule has 0 radical (unpaired) electrons. The monoisotopic (exact) mass is 375 g/mol. The molecule has 25 heavy (non-hydrogen) atoms. The lowest BCUT2D eigenvalue weighted by molar-refractivity contribution is -0.137. The number of nitrogens with zero attached hydrogens (tertiary/aromatic N) is 1. The number of amides is 1. The van der Waals surface area contributed by atoms with E-state index in [-0.39, 0.29) is 22.6 Å². The van der Waals surface area contributed by atoms with Crippen LogP contribution in [-0.2, 0) is 6.18 Å². The van der Waals surface area contributed by atoms with Crippen LogP contribution < -0.4 is 15.6 Å². The molecule has 0 bridgehead atoms. The predicted octanol–water partition coefficient (Wildman–Crippen LogP) is 3.48. The largest absolute Gasteiger partial charge is 0.474 e. The van der Waals surface area contributed by atoms with Crippen LogP contribution in [0.4, 0.5) is 18.9 Å². The molecule has 0 unspecified atom stereocenters. The molecule has 2 rings (SSSR count). The van der Waals surface area contributed by atoms with Crippen LogP contribution in [0.1, 0.15) is 29.8 Å². The van der Waals surface area contributed by atoms with E-state index in [4.69, 9.17) is 16.3 Å². The second kappa shape index (κ2) is 7.14. The van der Waals surface area contributed by atoms with Gasteiger partial charge in [-0.1, -0.05) is 11.6 Å². The van der Waals surface area contributed by atoms with Crippen molar-refractivity contribution in [2.75, 3.05) is 5.32 Å². The highest BCUT2D eigenvalue weighted by Crippen LogP contribution is 2.29. The van der Waals surface area contributed by atoms with Gasteiger partial charge in [0.2, 0.25) is 5.88 Å². The van der Waals surface area contributed by atoms with E-state index in [2.05, 4.69) is 10.3 Å². The highest BCUT2D eigenvalue weighted by atomic mass is 35.5. The number of rotatable bonds is 4. The zero-order valence-corrected chi connectivity index (χ0v) is 13.8. The number of hydrogen-bond acceptors (Lipinski definition) is 4. The van der Waals surface area contributed by atoms with Gasteiger partial charge < -0.3 is 15.0 Å². The third-order valence-corrected chi connectivity index (χ3v) is 3.17. The summed E-state index contributed by atoms with van der Waals surface area (Å²) in [5.41, 5.74) is -2.56. The van der Waals surface area contributed by atoms with Gasteiger partial charge in [-0.15, -0.1) is 0 Å². The third-order valence-electron chi connectivity index (χ3n) is 2.90. The first-order valence-electron chi connectivity index (χ1n) is 7.01. The summed E-state index contributed by atoms with van der Waals surface area (Å²) in [6.07, 6.45) is -3.19. The van der Waals surface area contributed by atoms with E-state index in [1.54, 1.807) is 13.8 Å². The van der Waals surface area contributed by atoms with Crippen LogP contribution >= 0.6 is 11.6 Å². The summed E-state index contributed by atoms with van der Waals surface area (Å²) in [5, 5.41) is 2.16. The Bertz CT molecular complexity index is 850. The number of halogens is 4. The van der Waals surface area contributed by atoms with E-state index in [9.17, 15) is 22.8 Å². The molecule has 0 saturated carbocycles. The number of H-pyrrole nitrogens is 1. The smallest absolute Gasteiger partial charge is 0.417 e. The second-order valence-corrected chi connectivity index (χ2v) is 5.67. The average Bonchev–Trinajstić information content (AvgIpc) is 2.49. The van der Waals surface area contributed by atoms with E-state index < -0.39 is 28.9 Å². The average molecular weight is 376 g/mol. The van der Waals surface area contributed by atoms with E-state index in [1.807, 2.05) is 4.98 Å². The van der Waals surface area contributed by atoms with Crippen molar-refractivity contribution in [3.05, 3.63) is 51.0 Å². The maximum atomic E-state index is 12.7. The van der Waals surface area contributed by atoms with Crippen molar-refractivity contribution in [1.29, 1.82) is 0 Å². The minimum Gasteiger partial charge on any atom is -0.474 e.